The third-order valence-electron chi connectivity index (χ3n) is 1.26. The summed E-state index contributed by atoms with van der Waals surface area (Å²) in [6.45, 7) is 0. The molecule has 0 saturated carbocycles. The van der Waals surface area contributed by atoms with Crippen LogP contribution < -0.4 is 64.2 Å². The van der Waals surface area contributed by atoms with Gasteiger partial charge in [-0.1, -0.05) is 12.1 Å². The first kappa shape index (κ1) is 17.2. The van der Waals surface area contributed by atoms with Crippen LogP contribution in [0, 0.1) is 0 Å². The molecule has 0 aliphatic carbocycles. The maximum atomic E-state index is 10.4. The summed E-state index contributed by atoms with van der Waals surface area (Å²) in [7, 11) is 0. The fraction of sp³-hybridized carbons (Fsp3) is 0. The van der Waals surface area contributed by atoms with Gasteiger partial charge in [-0.3, -0.25) is 4.21 Å². The van der Waals surface area contributed by atoms with E-state index in [1.807, 2.05) is 0 Å². The van der Waals surface area contributed by atoms with Crippen LogP contribution in [0.25, 0.3) is 0 Å². The molecule has 0 bridgehead atoms. The third-order valence-corrected chi connectivity index (χ3v) is 1.90. The summed E-state index contributed by atoms with van der Waals surface area (Å²) in [6, 6.07) is 4.95. The molecule has 0 heterocycles. The van der Waals surface area contributed by atoms with E-state index < -0.39 is 17.0 Å². The number of carbonyl (C=O) groups is 1. The van der Waals surface area contributed by atoms with E-state index in [0.29, 0.717) is 0 Å². The van der Waals surface area contributed by atoms with Gasteiger partial charge in [0, 0.05) is 4.90 Å². The van der Waals surface area contributed by atoms with Crippen LogP contribution in [0.2, 0.25) is 0 Å². The molecule has 0 saturated heterocycles. The van der Waals surface area contributed by atoms with Crippen LogP contribution in [0.3, 0.4) is 0 Å². The summed E-state index contributed by atoms with van der Waals surface area (Å²) in [5, 5.41) is 10.3. The van der Waals surface area contributed by atoms with Crippen LogP contribution >= 0.6 is 0 Å². The molecule has 0 aromatic heterocycles. The van der Waals surface area contributed by atoms with Crippen molar-refractivity contribution in [2.45, 2.75) is 4.90 Å². The number of rotatable bonds is 2. The Morgan fingerprint density at radius 2 is 1.86 bits per heavy atom. The zero-order valence-corrected chi connectivity index (χ0v) is 12.7. The van der Waals surface area contributed by atoms with Crippen LogP contribution in [0.4, 0.5) is 0 Å². The SMILES string of the molecule is O=C([O-])c1cccc(S(=O)[O-])c1.[Na+].[Na+]. The van der Waals surface area contributed by atoms with Crippen molar-refractivity contribution in [3.8, 4) is 0 Å². The Bertz CT molecular complexity index is 313. The van der Waals surface area contributed by atoms with Gasteiger partial charge in [0.15, 0.2) is 0 Å². The van der Waals surface area contributed by atoms with Gasteiger partial charge < -0.3 is 14.5 Å². The summed E-state index contributed by atoms with van der Waals surface area (Å²) in [5.41, 5.74) is -0.142. The van der Waals surface area contributed by atoms with E-state index in [0.717, 1.165) is 6.07 Å². The molecule has 14 heavy (non-hydrogen) atoms. The van der Waals surface area contributed by atoms with Crippen molar-refractivity contribution >= 4 is 17.0 Å². The van der Waals surface area contributed by atoms with Crippen molar-refractivity contribution < 1.29 is 77.8 Å². The number of carboxylic acid groups (broad SMARTS) is 1. The average Bonchev–Trinajstić information content (AvgIpc) is 2.04. The van der Waals surface area contributed by atoms with Gasteiger partial charge in [-0.15, -0.1) is 0 Å². The maximum absolute atomic E-state index is 10.4. The molecule has 0 spiro atoms. The van der Waals surface area contributed by atoms with Crippen molar-refractivity contribution in [1.82, 2.24) is 0 Å². The smallest absolute Gasteiger partial charge is 0.768 e. The monoisotopic (exact) mass is 230 g/mol. The molecular weight excluding hydrogens is 226 g/mol. The van der Waals surface area contributed by atoms with Crippen LogP contribution in [0.5, 0.6) is 0 Å². The molecule has 4 nitrogen and oxygen atoms in total. The topological polar surface area (TPSA) is 80.3 Å². The maximum Gasteiger partial charge on any atom is 1.00 e. The number of hydrogen-bond donors (Lipinski definition) is 0. The zero-order chi connectivity index (χ0) is 9.14. The Hall–Kier alpha value is 0.800. The van der Waals surface area contributed by atoms with Gasteiger partial charge >= 0.3 is 59.1 Å². The molecule has 0 N–H and O–H groups in total. The Kier molecular flexibility index (Phi) is 9.84. The van der Waals surface area contributed by atoms with Crippen LogP contribution in [0.15, 0.2) is 29.2 Å². The Morgan fingerprint density at radius 1 is 1.29 bits per heavy atom. The molecule has 1 rings (SSSR count). The molecule has 1 aromatic rings. The van der Waals surface area contributed by atoms with E-state index in [2.05, 4.69) is 0 Å². The fourth-order valence-electron chi connectivity index (χ4n) is 0.727. The van der Waals surface area contributed by atoms with Crippen molar-refractivity contribution in [3.63, 3.8) is 0 Å². The first-order valence-corrected chi connectivity index (χ1v) is 4.09. The predicted octanol–water partition coefficient (Wildman–Crippen LogP) is -6.70. The number of benzene rings is 1. The predicted molar refractivity (Wildman–Crippen MR) is 38.0 cm³/mol. The van der Waals surface area contributed by atoms with Gasteiger partial charge in [-0.2, -0.15) is 0 Å². The molecule has 1 unspecified atom stereocenters. The van der Waals surface area contributed by atoms with Gasteiger partial charge in [0.2, 0.25) is 0 Å². The van der Waals surface area contributed by atoms with Gasteiger partial charge in [0.1, 0.15) is 0 Å². The van der Waals surface area contributed by atoms with Gasteiger partial charge in [0.05, 0.1) is 5.97 Å². The molecule has 1 atom stereocenters. The summed E-state index contributed by atoms with van der Waals surface area (Å²) in [4.78, 5) is 10.2. The average molecular weight is 230 g/mol. The minimum Gasteiger partial charge on any atom is -0.768 e. The van der Waals surface area contributed by atoms with E-state index >= 15 is 0 Å². The Balaban J connectivity index is 0. The molecule has 7 heteroatoms. The molecule has 0 aliphatic rings. The van der Waals surface area contributed by atoms with Gasteiger partial charge in [-0.25, -0.2) is 0 Å². The first-order chi connectivity index (χ1) is 5.61. The number of carboxylic acids is 1. The van der Waals surface area contributed by atoms with E-state index in [1.165, 1.54) is 18.2 Å². The normalized spacial score (nSPS) is 10.6. The van der Waals surface area contributed by atoms with E-state index in [9.17, 15) is 18.7 Å². The molecule has 0 radical (unpaired) electrons. The van der Waals surface area contributed by atoms with Crippen LogP contribution in [0.1, 0.15) is 10.4 Å². The minimum absolute atomic E-state index is 0. The first-order valence-electron chi connectivity index (χ1n) is 3.02. The standard InChI is InChI=1S/C7H6O4S.2Na/c8-7(9)5-2-1-3-6(4-5)12(10)11;;/h1-4H,(H,8,9)(H,10,11);;/q;2*+1/p-2. The van der Waals surface area contributed by atoms with E-state index in [1.54, 1.807) is 0 Å². The van der Waals surface area contributed by atoms with Crippen molar-refractivity contribution in [2.24, 2.45) is 0 Å². The summed E-state index contributed by atoms with van der Waals surface area (Å²) < 4.78 is 20.7. The van der Waals surface area contributed by atoms with Crippen molar-refractivity contribution in [3.05, 3.63) is 29.8 Å². The number of aromatic carboxylic acids is 1. The molecule has 0 amide bonds. The number of hydrogen-bond acceptors (Lipinski definition) is 4. The second kappa shape index (κ2) is 8.01. The van der Waals surface area contributed by atoms with Crippen LogP contribution in [-0.2, 0) is 11.1 Å². The van der Waals surface area contributed by atoms with Crippen molar-refractivity contribution in [2.75, 3.05) is 0 Å². The summed E-state index contributed by atoms with van der Waals surface area (Å²) in [5.74, 6) is -1.39. The second-order valence-corrected chi connectivity index (χ2v) is 2.99. The van der Waals surface area contributed by atoms with Crippen LogP contribution in [-0.4, -0.2) is 14.7 Å². The third kappa shape index (κ3) is 5.04. The molecule has 0 fully saturated rings. The molecule has 64 valence electrons. The minimum atomic E-state index is -2.40. The van der Waals surface area contributed by atoms with Crippen molar-refractivity contribution in [1.29, 1.82) is 0 Å². The second-order valence-electron chi connectivity index (χ2n) is 2.05. The van der Waals surface area contributed by atoms with E-state index in [4.69, 9.17) is 0 Å². The molecular formula is C7H4Na2O4S. The summed E-state index contributed by atoms with van der Waals surface area (Å²) >= 11 is -2.40. The van der Waals surface area contributed by atoms with Gasteiger partial charge in [0.25, 0.3) is 0 Å². The van der Waals surface area contributed by atoms with Gasteiger partial charge in [-0.05, 0) is 28.8 Å². The largest absolute Gasteiger partial charge is 1.00 e. The molecule has 0 aliphatic heterocycles. The molecule has 1 aromatic carbocycles. The Morgan fingerprint density at radius 3 is 2.29 bits per heavy atom. The quantitative estimate of drug-likeness (QED) is 0.373. The Labute approximate surface area is 128 Å². The summed E-state index contributed by atoms with van der Waals surface area (Å²) in [6.07, 6.45) is 0. The number of carbonyl (C=O) groups excluding carboxylic acids is 1. The van der Waals surface area contributed by atoms with E-state index in [-0.39, 0.29) is 69.6 Å². The fourth-order valence-corrected chi connectivity index (χ4v) is 1.14. The zero-order valence-electron chi connectivity index (χ0n) is 7.85.